The molecule has 0 bridgehead atoms. The number of ether oxygens (including phenoxy) is 1. The highest BCUT2D eigenvalue weighted by Crippen LogP contribution is 2.29. The molecule has 0 unspecified atom stereocenters. The molecule has 0 atom stereocenters. The Bertz CT molecular complexity index is 827. The third kappa shape index (κ3) is 4.31. The second kappa shape index (κ2) is 7.73. The summed E-state index contributed by atoms with van der Waals surface area (Å²) >= 11 is 3.10. The summed E-state index contributed by atoms with van der Waals surface area (Å²) in [6.45, 7) is 0.189. The highest BCUT2D eigenvalue weighted by molar-refractivity contribution is 9.10. The number of para-hydroxylation sites is 1. The van der Waals surface area contributed by atoms with Crippen molar-refractivity contribution >= 4 is 31.6 Å². The number of nitrogens with zero attached hydrogens (tertiary/aromatic N) is 2. The number of halogens is 1. The van der Waals surface area contributed by atoms with Crippen LogP contribution in [-0.2, 0) is 10.0 Å². The fraction of sp³-hybridized carbons (Fsp3) is 0.200. The van der Waals surface area contributed by atoms with Gasteiger partial charge in [-0.25, -0.2) is 8.42 Å². The predicted octanol–water partition coefficient (Wildman–Crippen LogP) is 3.06. The summed E-state index contributed by atoms with van der Waals surface area (Å²) in [7, 11) is -2.64. The molecule has 9 heteroatoms. The fourth-order valence-electron chi connectivity index (χ4n) is 1.95. The van der Waals surface area contributed by atoms with Crippen molar-refractivity contribution in [2.75, 3.05) is 20.2 Å². The number of benzene rings is 2. The molecule has 7 nitrogen and oxygen atoms in total. The van der Waals surface area contributed by atoms with Crippen LogP contribution in [-0.4, -0.2) is 37.8 Å². The Morgan fingerprint density at radius 2 is 1.88 bits per heavy atom. The standard InChI is InChI=1S/C15H15BrN2O5S/c1-17(9-10-23-13-5-3-2-4-6-13)24(21,22)15-8-7-12(16)11-14(15)18(19)20/h2-8,11H,9-10H2,1H3. The van der Waals surface area contributed by atoms with Gasteiger partial charge in [-0.15, -0.1) is 0 Å². The highest BCUT2D eigenvalue weighted by atomic mass is 79.9. The Morgan fingerprint density at radius 3 is 2.50 bits per heavy atom. The van der Waals surface area contributed by atoms with Gasteiger partial charge in [0.15, 0.2) is 4.90 Å². The normalized spacial score (nSPS) is 11.5. The Kier molecular flexibility index (Phi) is 5.92. The second-order valence-corrected chi connectivity index (χ2v) is 7.79. The molecular formula is C15H15BrN2O5S. The van der Waals surface area contributed by atoms with Crippen molar-refractivity contribution in [3.63, 3.8) is 0 Å². The molecule has 0 amide bonds. The van der Waals surface area contributed by atoms with E-state index >= 15 is 0 Å². The summed E-state index contributed by atoms with van der Waals surface area (Å²) in [6, 6.07) is 12.8. The van der Waals surface area contributed by atoms with E-state index in [1.807, 2.05) is 6.07 Å². The van der Waals surface area contributed by atoms with Crippen LogP contribution in [0.25, 0.3) is 0 Å². The number of hydrogen-bond acceptors (Lipinski definition) is 5. The summed E-state index contributed by atoms with van der Waals surface area (Å²) in [4.78, 5) is 10.1. The van der Waals surface area contributed by atoms with Gasteiger partial charge < -0.3 is 4.74 Å². The molecule has 0 N–H and O–H groups in total. The van der Waals surface area contributed by atoms with Gasteiger partial charge in [0.25, 0.3) is 5.69 Å². The van der Waals surface area contributed by atoms with Crippen LogP contribution in [0.4, 0.5) is 5.69 Å². The third-order valence-corrected chi connectivity index (χ3v) is 5.62. The van der Waals surface area contributed by atoms with Gasteiger partial charge in [-0.05, 0) is 24.3 Å². The van der Waals surface area contributed by atoms with Gasteiger partial charge in [0.05, 0.1) is 4.92 Å². The molecule has 0 fully saturated rings. The summed E-state index contributed by atoms with van der Waals surface area (Å²) in [5.74, 6) is 0.623. The van der Waals surface area contributed by atoms with Gasteiger partial charge in [-0.2, -0.15) is 4.31 Å². The van der Waals surface area contributed by atoms with E-state index in [4.69, 9.17) is 4.74 Å². The zero-order valence-corrected chi connectivity index (χ0v) is 15.2. The lowest BCUT2D eigenvalue weighted by molar-refractivity contribution is -0.387. The first-order valence-electron chi connectivity index (χ1n) is 6.90. The molecule has 0 saturated heterocycles. The molecule has 0 spiro atoms. The molecule has 0 aromatic heterocycles. The van der Waals surface area contributed by atoms with Crippen molar-refractivity contribution in [1.29, 1.82) is 0 Å². The smallest absolute Gasteiger partial charge is 0.290 e. The Hall–Kier alpha value is -1.97. The van der Waals surface area contributed by atoms with Crippen LogP contribution in [0.5, 0.6) is 5.75 Å². The predicted molar refractivity (Wildman–Crippen MR) is 92.5 cm³/mol. The fourth-order valence-corrected chi connectivity index (χ4v) is 3.59. The van der Waals surface area contributed by atoms with Crippen LogP contribution < -0.4 is 4.74 Å². The van der Waals surface area contributed by atoms with Gasteiger partial charge in [0, 0.05) is 24.1 Å². The Labute approximate surface area is 148 Å². The average Bonchev–Trinajstić information content (AvgIpc) is 2.55. The number of nitro groups is 1. The summed E-state index contributed by atoms with van der Waals surface area (Å²) in [5, 5.41) is 11.1. The van der Waals surface area contributed by atoms with Crippen LogP contribution in [0.3, 0.4) is 0 Å². The zero-order chi connectivity index (χ0) is 17.7. The maximum atomic E-state index is 12.6. The number of nitro benzene ring substituents is 1. The molecule has 2 rings (SSSR count). The minimum atomic E-state index is -4.00. The van der Waals surface area contributed by atoms with E-state index in [-0.39, 0.29) is 18.0 Å². The minimum absolute atomic E-state index is 0.0600. The Balaban J connectivity index is 2.13. The molecule has 24 heavy (non-hydrogen) atoms. The monoisotopic (exact) mass is 414 g/mol. The number of sulfonamides is 1. The van der Waals surface area contributed by atoms with E-state index in [1.165, 1.54) is 25.2 Å². The van der Waals surface area contributed by atoms with Crippen molar-refractivity contribution in [1.82, 2.24) is 4.31 Å². The van der Waals surface area contributed by atoms with Crippen molar-refractivity contribution in [2.45, 2.75) is 4.90 Å². The largest absolute Gasteiger partial charge is 0.492 e. The van der Waals surface area contributed by atoms with Crippen LogP contribution in [0.1, 0.15) is 0 Å². The molecule has 0 aliphatic rings. The second-order valence-electron chi connectivity index (χ2n) is 4.86. The molecule has 0 heterocycles. The molecule has 0 aliphatic heterocycles. The molecule has 128 valence electrons. The lowest BCUT2D eigenvalue weighted by Crippen LogP contribution is -2.31. The average molecular weight is 415 g/mol. The lowest BCUT2D eigenvalue weighted by Gasteiger charge is -2.17. The zero-order valence-electron chi connectivity index (χ0n) is 12.8. The van der Waals surface area contributed by atoms with Crippen LogP contribution in [0, 0.1) is 10.1 Å². The minimum Gasteiger partial charge on any atom is -0.492 e. The lowest BCUT2D eigenvalue weighted by atomic mass is 10.3. The number of likely N-dealkylation sites (N-methyl/N-ethyl adjacent to an activating group) is 1. The molecule has 0 aliphatic carbocycles. The quantitative estimate of drug-likeness (QED) is 0.512. The van der Waals surface area contributed by atoms with Crippen molar-refractivity contribution in [2.24, 2.45) is 0 Å². The van der Waals surface area contributed by atoms with Crippen molar-refractivity contribution < 1.29 is 18.1 Å². The SMILES string of the molecule is CN(CCOc1ccccc1)S(=O)(=O)c1ccc(Br)cc1[N+](=O)[O-]. The van der Waals surface area contributed by atoms with Crippen LogP contribution in [0.15, 0.2) is 57.9 Å². The molecular weight excluding hydrogens is 400 g/mol. The van der Waals surface area contributed by atoms with Gasteiger partial charge in [-0.1, -0.05) is 34.1 Å². The molecule has 0 radical (unpaired) electrons. The van der Waals surface area contributed by atoms with Crippen molar-refractivity contribution in [3.05, 3.63) is 63.1 Å². The van der Waals surface area contributed by atoms with Crippen LogP contribution >= 0.6 is 15.9 Å². The molecule has 0 saturated carbocycles. The van der Waals surface area contributed by atoms with Gasteiger partial charge in [0.1, 0.15) is 12.4 Å². The third-order valence-electron chi connectivity index (χ3n) is 3.22. The van der Waals surface area contributed by atoms with E-state index in [2.05, 4.69) is 15.9 Å². The van der Waals surface area contributed by atoms with E-state index in [1.54, 1.807) is 24.3 Å². The first-order valence-corrected chi connectivity index (χ1v) is 9.14. The van der Waals surface area contributed by atoms with Gasteiger partial charge in [0.2, 0.25) is 10.0 Å². The van der Waals surface area contributed by atoms with E-state index in [0.29, 0.717) is 10.2 Å². The van der Waals surface area contributed by atoms with Gasteiger partial charge in [-0.3, -0.25) is 10.1 Å². The maximum Gasteiger partial charge on any atom is 0.290 e. The van der Waals surface area contributed by atoms with E-state index < -0.39 is 20.6 Å². The molecule has 2 aromatic carbocycles. The number of rotatable bonds is 7. The maximum absolute atomic E-state index is 12.6. The molecule has 2 aromatic rings. The van der Waals surface area contributed by atoms with Crippen LogP contribution in [0.2, 0.25) is 0 Å². The summed E-state index contributed by atoms with van der Waals surface area (Å²) in [5.41, 5.74) is -0.472. The first kappa shape index (κ1) is 18.4. The van der Waals surface area contributed by atoms with E-state index in [9.17, 15) is 18.5 Å². The summed E-state index contributed by atoms with van der Waals surface area (Å²) in [6.07, 6.45) is 0. The van der Waals surface area contributed by atoms with Gasteiger partial charge >= 0.3 is 0 Å². The number of hydrogen-bond donors (Lipinski definition) is 0. The first-order chi connectivity index (χ1) is 11.3. The van der Waals surface area contributed by atoms with E-state index in [0.717, 1.165) is 4.31 Å². The van der Waals surface area contributed by atoms with Crippen molar-refractivity contribution in [3.8, 4) is 5.75 Å². The Morgan fingerprint density at radius 1 is 1.21 bits per heavy atom. The topological polar surface area (TPSA) is 89.8 Å². The highest BCUT2D eigenvalue weighted by Gasteiger charge is 2.29. The summed E-state index contributed by atoms with van der Waals surface area (Å²) < 4.78 is 32.0.